The SMILES string of the molecule is C=CCON=C(C(=O)NC1C(=O)N2CC(CSc3nncs3)(C(=O)O)CS[C@H]12)c1nc(N)sc1Cl. The van der Waals surface area contributed by atoms with Crippen LogP contribution in [0.2, 0.25) is 4.34 Å². The average molecular weight is 576 g/mol. The summed E-state index contributed by atoms with van der Waals surface area (Å²) in [7, 11) is 0. The van der Waals surface area contributed by atoms with Crippen LogP contribution in [-0.2, 0) is 19.2 Å². The van der Waals surface area contributed by atoms with Gasteiger partial charge < -0.3 is 25.9 Å². The number of β-lactam (4-membered cyclic amide) rings is 1. The molecule has 0 radical (unpaired) electrons. The Morgan fingerprint density at radius 3 is 2.97 bits per heavy atom. The lowest BCUT2D eigenvalue weighted by Crippen LogP contribution is -2.74. The number of hydrogen-bond donors (Lipinski definition) is 3. The normalized spacial score (nSPS) is 23.9. The lowest BCUT2D eigenvalue weighted by atomic mass is 9.89. The zero-order valence-electron chi connectivity index (χ0n) is 17.7. The number of carboxylic acids is 1. The number of nitrogens with one attached hydrogen (secondary N) is 1. The fraction of sp³-hybridized carbons (Fsp3) is 0.389. The highest BCUT2D eigenvalue weighted by atomic mass is 35.5. The number of thiazole rings is 1. The maximum Gasteiger partial charge on any atom is 0.313 e. The Labute approximate surface area is 220 Å². The molecule has 4 rings (SSSR count). The van der Waals surface area contributed by atoms with Crippen molar-refractivity contribution in [2.75, 3.05) is 30.4 Å². The number of halogens is 1. The van der Waals surface area contributed by atoms with Crippen molar-refractivity contribution in [2.45, 2.75) is 15.8 Å². The number of aliphatic carboxylic acids is 1. The third kappa shape index (κ3) is 5.25. The molecule has 2 fully saturated rings. The number of fused-ring (bicyclic) bond motifs is 1. The van der Waals surface area contributed by atoms with Gasteiger partial charge in [-0.15, -0.1) is 22.0 Å². The van der Waals surface area contributed by atoms with Crippen molar-refractivity contribution < 1.29 is 24.3 Å². The highest BCUT2D eigenvalue weighted by Gasteiger charge is 2.57. The number of carboxylic acid groups (broad SMARTS) is 1. The monoisotopic (exact) mass is 575 g/mol. The van der Waals surface area contributed by atoms with Crippen molar-refractivity contribution in [1.82, 2.24) is 25.4 Å². The van der Waals surface area contributed by atoms with Gasteiger partial charge in [0.05, 0.1) is 0 Å². The van der Waals surface area contributed by atoms with Crippen LogP contribution < -0.4 is 11.1 Å². The van der Waals surface area contributed by atoms with Crippen molar-refractivity contribution >= 4 is 86.4 Å². The quantitative estimate of drug-likeness (QED) is 0.0932. The second kappa shape index (κ2) is 10.7. The van der Waals surface area contributed by atoms with E-state index in [4.69, 9.17) is 22.2 Å². The number of nitrogen functional groups attached to an aromatic ring is 1. The maximum atomic E-state index is 13.0. The predicted molar refractivity (Wildman–Crippen MR) is 135 cm³/mol. The largest absolute Gasteiger partial charge is 0.481 e. The van der Waals surface area contributed by atoms with Crippen molar-refractivity contribution in [1.29, 1.82) is 0 Å². The fourth-order valence-electron chi connectivity index (χ4n) is 3.35. The van der Waals surface area contributed by atoms with Crippen LogP contribution in [0.5, 0.6) is 0 Å². The Hall–Kier alpha value is -2.40. The highest BCUT2D eigenvalue weighted by Crippen LogP contribution is 2.44. The van der Waals surface area contributed by atoms with Gasteiger partial charge in [-0.2, -0.15) is 0 Å². The number of hydrogen-bond acceptors (Lipinski definition) is 13. The first-order valence-electron chi connectivity index (χ1n) is 9.84. The number of nitrogens with two attached hydrogens (primary N) is 1. The van der Waals surface area contributed by atoms with Crippen LogP contribution in [0.3, 0.4) is 0 Å². The van der Waals surface area contributed by atoms with Gasteiger partial charge in [-0.1, -0.05) is 63.8 Å². The van der Waals surface area contributed by atoms with E-state index in [-0.39, 0.29) is 45.5 Å². The van der Waals surface area contributed by atoms with Crippen LogP contribution in [0, 0.1) is 5.41 Å². The molecule has 0 bridgehead atoms. The molecule has 4 heterocycles. The zero-order chi connectivity index (χ0) is 25.2. The summed E-state index contributed by atoms with van der Waals surface area (Å²) in [5, 5.41) is 23.8. The minimum atomic E-state index is -1.15. The van der Waals surface area contributed by atoms with Gasteiger partial charge in [0, 0.05) is 18.1 Å². The first-order chi connectivity index (χ1) is 16.8. The number of carbonyl (C=O) groups is 3. The molecule has 186 valence electrons. The third-order valence-corrected chi connectivity index (χ3v) is 9.91. The van der Waals surface area contributed by atoms with E-state index in [1.54, 1.807) is 5.51 Å². The minimum absolute atomic E-state index is 0.0227. The number of oxime groups is 1. The first-order valence-corrected chi connectivity index (χ1v) is 13.9. The molecule has 2 aromatic heterocycles. The van der Waals surface area contributed by atoms with Gasteiger partial charge in [-0.05, 0) is 0 Å². The Bertz CT molecular complexity index is 1180. The van der Waals surface area contributed by atoms with Gasteiger partial charge in [0.1, 0.15) is 39.0 Å². The lowest BCUT2D eigenvalue weighted by Gasteiger charge is -2.53. The average Bonchev–Trinajstić information content (AvgIpc) is 3.47. The summed E-state index contributed by atoms with van der Waals surface area (Å²) in [6.45, 7) is 3.58. The summed E-state index contributed by atoms with van der Waals surface area (Å²) < 4.78 is 0.802. The van der Waals surface area contributed by atoms with Gasteiger partial charge in [0.15, 0.2) is 15.2 Å². The van der Waals surface area contributed by atoms with E-state index in [2.05, 4.69) is 32.2 Å². The molecular weight excluding hydrogens is 558 g/mol. The Morgan fingerprint density at radius 1 is 1.54 bits per heavy atom. The second-order valence-corrected chi connectivity index (χ2v) is 12.2. The molecule has 0 saturated carbocycles. The molecule has 2 saturated heterocycles. The van der Waals surface area contributed by atoms with Crippen LogP contribution in [0.1, 0.15) is 5.69 Å². The standard InChI is InChI=1S/C18H18ClN7O5S4/c1-2-3-31-25-9(8-11(19)35-16(20)23-8)12(27)22-10-13(28)26-4-18(15(29)30,5-32-14(10)26)6-33-17-24-21-7-34-17/h2,7,10,14H,1,3-6H2,(H2,20,23)(H,22,27)(H,29,30)/t10?,14-,18?/m1/s1. The van der Waals surface area contributed by atoms with E-state index in [1.807, 2.05) is 0 Å². The summed E-state index contributed by atoms with van der Waals surface area (Å²) in [4.78, 5) is 48.6. The Balaban J connectivity index is 1.45. The first kappa shape index (κ1) is 25.7. The number of anilines is 1. The van der Waals surface area contributed by atoms with Gasteiger partial charge in [0.2, 0.25) is 5.91 Å². The summed E-state index contributed by atoms with van der Waals surface area (Å²) >= 11 is 11.0. The molecule has 4 N–H and O–H groups in total. The van der Waals surface area contributed by atoms with E-state index >= 15 is 0 Å². The summed E-state index contributed by atoms with van der Waals surface area (Å²) in [6.07, 6.45) is 1.44. The van der Waals surface area contributed by atoms with Crippen molar-refractivity contribution in [2.24, 2.45) is 10.6 Å². The number of nitrogens with zero attached hydrogens (tertiary/aromatic N) is 5. The molecule has 35 heavy (non-hydrogen) atoms. The van der Waals surface area contributed by atoms with E-state index in [0.29, 0.717) is 4.34 Å². The molecule has 3 atom stereocenters. The summed E-state index contributed by atoms with van der Waals surface area (Å²) in [5.41, 5.74) is 5.91. The number of thioether (sulfide) groups is 2. The molecule has 0 aliphatic carbocycles. The zero-order valence-corrected chi connectivity index (χ0v) is 21.8. The summed E-state index contributed by atoms with van der Waals surface area (Å²) in [5.74, 6) is -1.61. The molecule has 2 unspecified atom stereocenters. The van der Waals surface area contributed by atoms with Gasteiger partial charge in [-0.3, -0.25) is 14.4 Å². The fourth-order valence-corrected chi connectivity index (χ4v) is 7.63. The van der Waals surface area contributed by atoms with E-state index in [9.17, 15) is 19.5 Å². The number of carbonyl (C=O) groups excluding carboxylic acids is 2. The maximum absolute atomic E-state index is 13.0. The third-order valence-electron chi connectivity index (χ3n) is 5.09. The highest BCUT2D eigenvalue weighted by molar-refractivity contribution is 8.01. The minimum Gasteiger partial charge on any atom is -0.481 e. The van der Waals surface area contributed by atoms with Crippen LogP contribution >= 0.6 is 57.8 Å². The lowest BCUT2D eigenvalue weighted by molar-refractivity contribution is -0.157. The van der Waals surface area contributed by atoms with Crippen LogP contribution in [-0.4, -0.2) is 84.8 Å². The van der Waals surface area contributed by atoms with Crippen molar-refractivity contribution in [3.8, 4) is 0 Å². The topological polar surface area (TPSA) is 173 Å². The smallest absolute Gasteiger partial charge is 0.313 e. The molecule has 2 amide bonds. The van der Waals surface area contributed by atoms with E-state index in [1.165, 1.54) is 45.8 Å². The Morgan fingerprint density at radius 2 is 2.34 bits per heavy atom. The van der Waals surface area contributed by atoms with Crippen LogP contribution in [0.25, 0.3) is 0 Å². The molecule has 0 aromatic carbocycles. The number of amides is 2. The van der Waals surface area contributed by atoms with Gasteiger partial charge in [0.25, 0.3) is 5.91 Å². The summed E-state index contributed by atoms with van der Waals surface area (Å²) in [6, 6.07) is -0.866. The molecule has 2 aliphatic rings. The van der Waals surface area contributed by atoms with E-state index in [0.717, 1.165) is 11.3 Å². The molecule has 17 heteroatoms. The second-order valence-electron chi connectivity index (χ2n) is 7.40. The molecule has 2 aromatic rings. The predicted octanol–water partition coefficient (Wildman–Crippen LogP) is 1.40. The molecular formula is C18H18ClN7O5S4. The van der Waals surface area contributed by atoms with Gasteiger partial charge in [-0.25, -0.2) is 4.98 Å². The van der Waals surface area contributed by atoms with Crippen molar-refractivity contribution in [3.63, 3.8) is 0 Å². The molecule has 12 nitrogen and oxygen atoms in total. The number of rotatable bonds is 10. The van der Waals surface area contributed by atoms with E-state index < -0.39 is 34.6 Å². The molecule has 0 spiro atoms. The van der Waals surface area contributed by atoms with Crippen molar-refractivity contribution in [3.05, 3.63) is 28.2 Å². The van der Waals surface area contributed by atoms with Crippen LogP contribution in [0.15, 0.2) is 27.7 Å². The Kier molecular flexibility index (Phi) is 7.85. The molecule has 2 aliphatic heterocycles. The number of aromatic nitrogens is 3. The van der Waals surface area contributed by atoms with Gasteiger partial charge >= 0.3 is 5.97 Å². The van der Waals surface area contributed by atoms with Crippen LogP contribution in [0.4, 0.5) is 5.13 Å².